The SMILES string of the molecule is CCc1nc(Cl)c(C)c(Oc2ccc(CO)cc2)n1. The molecule has 0 aliphatic heterocycles. The summed E-state index contributed by atoms with van der Waals surface area (Å²) in [6, 6.07) is 7.17. The number of rotatable bonds is 4. The van der Waals surface area contributed by atoms with Crippen LogP contribution in [0.1, 0.15) is 23.9 Å². The molecule has 0 amide bonds. The molecule has 1 N–H and O–H groups in total. The van der Waals surface area contributed by atoms with E-state index in [9.17, 15) is 0 Å². The van der Waals surface area contributed by atoms with E-state index in [1.165, 1.54) is 0 Å². The minimum absolute atomic E-state index is 0.0125. The van der Waals surface area contributed by atoms with Gasteiger partial charge in [0, 0.05) is 12.0 Å². The summed E-state index contributed by atoms with van der Waals surface area (Å²) in [5.41, 5.74) is 1.55. The monoisotopic (exact) mass is 278 g/mol. The van der Waals surface area contributed by atoms with E-state index < -0.39 is 0 Å². The molecule has 0 saturated carbocycles. The first-order valence-corrected chi connectivity index (χ1v) is 6.42. The zero-order valence-electron chi connectivity index (χ0n) is 10.9. The third kappa shape index (κ3) is 3.22. The van der Waals surface area contributed by atoms with Crippen LogP contribution < -0.4 is 4.74 Å². The Morgan fingerprint density at radius 1 is 1.21 bits per heavy atom. The molecule has 2 rings (SSSR count). The summed E-state index contributed by atoms with van der Waals surface area (Å²) in [5, 5.41) is 9.40. The Kier molecular flexibility index (Phi) is 4.35. The fourth-order valence-electron chi connectivity index (χ4n) is 1.54. The van der Waals surface area contributed by atoms with Crippen LogP contribution in [0.5, 0.6) is 11.6 Å². The molecule has 5 heteroatoms. The zero-order chi connectivity index (χ0) is 13.8. The summed E-state index contributed by atoms with van der Waals surface area (Å²) >= 11 is 6.05. The van der Waals surface area contributed by atoms with Crippen molar-refractivity contribution >= 4 is 11.6 Å². The molecule has 4 nitrogen and oxygen atoms in total. The molecular weight excluding hydrogens is 264 g/mol. The maximum atomic E-state index is 8.99. The lowest BCUT2D eigenvalue weighted by atomic mass is 10.2. The number of nitrogens with zero attached hydrogens (tertiary/aromatic N) is 2. The second-order valence-corrected chi connectivity index (χ2v) is 4.48. The second kappa shape index (κ2) is 5.99. The lowest BCUT2D eigenvalue weighted by Gasteiger charge is -2.10. The molecule has 100 valence electrons. The molecule has 0 bridgehead atoms. The van der Waals surface area contributed by atoms with Crippen LogP contribution in [0.25, 0.3) is 0 Å². The Bertz CT molecular complexity index is 570. The lowest BCUT2D eigenvalue weighted by molar-refractivity contribution is 0.281. The van der Waals surface area contributed by atoms with Crippen molar-refractivity contribution in [3.05, 3.63) is 46.4 Å². The van der Waals surface area contributed by atoms with Crippen molar-refractivity contribution in [3.8, 4) is 11.6 Å². The fraction of sp³-hybridized carbons (Fsp3) is 0.286. The molecule has 0 fully saturated rings. The Labute approximate surface area is 117 Å². The van der Waals surface area contributed by atoms with E-state index in [4.69, 9.17) is 21.4 Å². The first-order chi connectivity index (χ1) is 9.13. The topological polar surface area (TPSA) is 55.2 Å². The summed E-state index contributed by atoms with van der Waals surface area (Å²) < 4.78 is 5.71. The average molecular weight is 279 g/mol. The van der Waals surface area contributed by atoms with Gasteiger partial charge in [-0.05, 0) is 24.6 Å². The maximum Gasteiger partial charge on any atom is 0.226 e. The van der Waals surface area contributed by atoms with Crippen LogP contribution in [-0.4, -0.2) is 15.1 Å². The average Bonchev–Trinajstić information content (AvgIpc) is 2.44. The van der Waals surface area contributed by atoms with Gasteiger partial charge in [0.15, 0.2) is 0 Å². The standard InChI is InChI=1S/C14H15ClN2O2/c1-3-12-16-13(15)9(2)14(17-12)19-11-6-4-10(8-18)5-7-11/h4-7,18H,3,8H2,1-2H3. The molecule has 1 heterocycles. The van der Waals surface area contributed by atoms with Gasteiger partial charge in [0.2, 0.25) is 5.88 Å². The summed E-state index contributed by atoms with van der Waals surface area (Å²) in [6.45, 7) is 3.79. The van der Waals surface area contributed by atoms with Gasteiger partial charge in [-0.15, -0.1) is 0 Å². The van der Waals surface area contributed by atoms with E-state index in [2.05, 4.69) is 9.97 Å². The van der Waals surface area contributed by atoms with Crippen molar-refractivity contribution in [2.24, 2.45) is 0 Å². The van der Waals surface area contributed by atoms with Crippen LogP contribution in [0.3, 0.4) is 0 Å². The molecule has 0 spiro atoms. The highest BCUT2D eigenvalue weighted by Crippen LogP contribution is 2.27. The van der Waals surface area contributed by atoms with Gasteiger partial charge in [-0.25, -0.2) is 4.98 Å². The first-order valence-electron chi connectivity index (χ1n) is 6.04. The maximum absolute atomic E-state index is 8.99. The van der Waals surface area contributed by atoms with Gasteiger partial charge in [-0.3, -0.25) is 0 Å². The first kappa shape index (κ1) is 13.8. The number of ether oxygens (including phenoxy) is 1. The molecule has 1 aromatic carbocycles. The Morgan fingerprint density at radius 2 is 1.89 bits per heavy atom. The second-order valence-electron chi connectivity index (χ2n) is 4.12. The van der Waals surface area contributed by atoms with Crippen molar-refractivity contribution in [2.75, 3.05) is 0 Å². The Hall–Kier alpha value is -1.65. The minimum atomic E-state index is 0.0125. The van der Waals surface area contributed by atoms with E-state index in [-0.39, 0.29) is 6.61 Å². The highest BCUT2D eigenvalue weighted by atomic mass is 35.5. The molecule has 0 radical (unpaired) electrons. The van der Waals surface area contributed by atoms with E-state index in [1.807, 2.05) is 13.8 Å². The largest absolute Gasteiger partial charge is 0.439 e. The lowest BCUT2D eigenvalue weighted by Crippen LogP contribution is -2.00. The van der Waals surface area contributed by atoms with Crippen LogP contribution in [0.4, 0.5) is 0 Å². The van der Waals surface area contributed by atoms with Crippen LogP contribution in [0.2, 0.25) is 5.15 Å². The van der Waals surface area contributed by atoms with Gasteiger partial charge in [0.25, 0.3) is 0 Å². The molecule has 2 aromatic rings. The van der Waals surface area contributed by atoms with Crippen molar-refractivity contribution in [1.29, 1.82) is 0 Å². The van der Waals surface area contributed by atoms with Gasteiger partial charge >= 0.3 is 0 Å². The van der Waals surface area contributed by atoms with E-state index in [1.54, 1.807) is 24.3 Å². The summed E-state index contributed by atoms with van der Waals surface area (Å²) in [6.07, 6.45) is 0.694. The van der Waals surface area contributed by atoms with Crippen molar-refractivity contribution in [1.82, 2.24) is 9.97 Å². The molecular formula is C14H15ClN2O2. The van der Waals surface area contributed by atoms with Gasteiger partial charge in [0.1, 0.15) is 16.7 Å². The third-order valence-corrected chi connectivity index (χ3v) is 3.09. The number of aromatic nitrogens is 2. The fourth-order valence-corrected chi connectivity index (χ4v) is 1.72. The number of aryl methyl sites for hydroxylation is 1. The predicted molar refractivity (Wildman–Crippen MR) is 73.6 cm³/mol. The normalized spacial score (nSPS) is 10.5. The number of aliphatic hydroxyl groups is 1. The number of benzene rings is 1. The van der Waals surface area contributed by atoms with Gasteiger partial charge in [-0.1, -0.05) is 30.7 Å². The van der Waals surface area contributed by atoms with Crippen LogP contribution in [0.15, 0.2) is 24.3 Å². The van der Waals surface area contributed by atoms with Crippen LogP contribution in [-0.2, 0) is 13.0 Å². The molecule has 0 unspecified atom stereocenters. The summed E-state index contributed by atoms with van der Waals surface area (Å²) in [4.78, 5) is 8.48. The van der Waals surface area contributed by atoms with Gasteiger partial charge < -0.3 is 9.84 Å². The number of hydrogen-bond acceptors (Lipinski definition) is 4. The minimum Gasteiger partial charge on any atom is -0.439 e. The quantitative estimate of drug-likeness (QED) is 0.872. The smallest absolute Gasteiger partial charge is 0.226 e. The molecule has 0 saturated heterocycles. The Balaban J connectivity index is 2.28. The summed E-state index contributed by atoms with van der Waals surface area (Å²) in [7, 11) is 0. The Morgan fingerprint density at radius 3 is 2.47 bits per heavy atom. The number of aliphatic hydroxyl groups excluding tert-OH is 1. The highest BCUT2D eigenvalue weighted by molar-refractivity contribution is 6.30. The summed E-state index contributed by atoms with van der Waals surface area (Å²) in [5.74, 6) is 1.77. The van der Waals surface area contributed by atoms with Gasteiger partial charge in [0.05, 0.1) is 6.61 Å². The van der Waals surface area contributed by atoms with E-state index in [0.29, 0.717) is 34.6 Å². The molecule has 19 heavy (non-hydrogen) atoms. The molecule has 0 aliphatic carbocycles. The highest BCUT2D eigenvalue weighted by Gasteiger charge is 2.10. The van der Waals surface area contributed by atoms with Crippen molar-refractivity contribution in [3.63, 3.8) is 0 Å². The predicted octanol–water partition coefficient (Wildman–Crippen LogP) is 3.29. The number of hydrogen-bond donors (Lipinski definition) is 1. The number of halogens is 1. The molecule has 0 atom stereocenters. The van der Waals surface area contributed by atoms with Crippen LogP contribution in [0, 0.1) is 6.92 Å². The van der Waals surface area contributed by atoms with Gasteiger partial charge in [-0.2, -0.15) is 4.98 Å². The molecule has 1 aromatic heterocycles. The molecule has 0 aliphatic rings. The zero-order valence-corrected chi connectivity index (χ0v) is 11.6. The van der Waals surface area contributed by atoms with E-state index >= 15 is 0 Å². The van der Waals surface area contributed by atoms with Crippen molar-refractivity contribution < 1.29 is 9.84 Å². The van der Waals surface area contributed by atoms with E-state index in [0.717, 1.165) is 5.56 Å². The third-order valence-electron chi connectivity index (χ3n) is 2.72. The van der Waals surface area contributed by atoms with Crippen LogP contribution >= 0.6 is 11.6 Å². The van der Waals surface area contributed by atoms with Crippen molar-refractivity contribution in [2.45, 2.75) is 26.9 Å².